The van der Waals surface area contributed by atoms with Crippen LogP contribution in [0.5, 0.6) is 17.2 Å². The number of nitrogens with zero attached hydrogens (tertiary/aromatic N) is 1. The second-order valence-corrected chi connectivity index (χ2v) is 9.38. The zero-order valence-corrected chi connectivity index (χ0v) is 21.9. The van der Waals surface area contributed by atoms with Crippen LogP contribution in [0.4, 0.5) is 0 Å². The number of carbonyl (C=O) groups is 3. The number of quaternary nitrogens is 1. The molecule has 1 amide bonds. The third kappa shape index (κ3) is 5.33. The first-order chi connectivity index (χ1) is 17.9. The number of methoxy groups -OCH3 is 3. The third-order valence-corrected chi connectivity index (χ3v) is 7.25. The van der Waals surface area contributed by atoms with Gasteiger partial charge in [0.1, 0.15) is 24.8 Å². The molecule has 2 aliphatic rings. The van der Waals surface area contributed by atoms with Gasteiger partial charge in [0.15, 0.2) is 17.3 Å². The number of hydrogen-bond acceptors (Lipinski definition) is 7. The normalized spacial score (nSPS) is 20.3. The Kier molecular flexibility index (Phi) is 8.45. The van der Waals surface area contributed by atoms with Gasteiger partial charge in [0.2, 0.25) is 5.78 Å². The lowest BCUT2D eigenvalue weighted by Crippen LogP contribution is -3.14. The van der Waals surface area contributed by atoms with Crippen LogP contribution >= 0.6 is 0 Å². The van der Waals surface area contributed by atoms with Crippen molar-refractivity contribution in [2.45, 2.75) is 19.4 Å². The summed E-state index contributed by atoms with van der Waals surface area (Å²) in [5.41, 5.74) is 1.70. The number of hydrogen-bond donors (Lipinski definition) is 1. The Bertz CT molecular complexity index is 1160. The molecular formula is C28H35N2O7+. The van der Waals surface area contributed by atoms with Crippen LogP contribution in [-0.2, 0) is 14.3 Å². The molecule has 2 aromatic rings. The highest BCUT2D eigenvalue weighted by Gasteiger charge is 2.52. The fourth-order valence-corrected chi connectivity index (χ4v) is 5.34. The van der Waals surface area contributed by atoms with Crippen molar-refractivity contribution in [3.05, 3.63) is 53.1 Å². The topological polar surface area (TPSA) is 95.8 Å². The van der Waals surface area contributed by atoms with E-state index in [1.165, 1.54) is 19.1 Å². The first-order valence-corrected chi connectivity index (χ1v) is 12.6. The second-order valence-electron chi connectivity index (χ2n) is 9.38. The molecule has 0 spiro atoms. The van der Waals surface area contributed by atoms with E-state index in [2.05, 4.69) is 0 Å². The quantitative estimate of drug-likeness (QED) is 0.292. The van der Waals surface area contributed by atoms with E-state index in [1.54, 1.807) is 48.4 Å². The Balaban J connectivity index is 1.71. The van der Waals surface area contributed by atoms with Crippen LogP contribution in [0.25, 0.3) is 0 Å². The molecule has 0 aromatic heterocycles. The van der Waals surface area contributed by atoms with Crippen molar-refractivity contribution in [2.24, 2.45) is 5.92 Å². The number of aryl methyl sites for hydroxylation is 1. The van der Waals surface area contributed by atoms with Gasteiger partial charge < -0.3 is 28.7 Å². The number of morpholine rings is 1. The van der Waals surface area contributed by atoms with E-state index in [4.69, 9.17) is 18.9 Å². The molecule has 0 aliphatic carbocycles. The molecule has 198 valence electrons. The van der Waals surface area contributed by atoms with Crippen LogP contribution < -0.4 is 19.1 Å². The van der Waals surface area contributed by atoms with E-state index >= 15 is 0 Å². The summed E-state index contributed by atoms with van der Waals surface area (Å²) < 4.78 is 21.9. The Hall–Kier alpha value is -3.43. The van der Waals surface area contributed by atoms with Gasteiger partial charge in [0.25, 0.3) is 5.91 Å². The van der Waals surface area contributed by atoms with E-state index in [0.29, 0.717) is 41.3 Å². The largest absolute Gasteiger partial charge is 0.496 e. The number of carbonyl (C=O) groups excluding carboxylic acids is 3. The molecule has 0 saturated carbocycles. The molecule has 4 rings (SSSR count). The molecule has 2 aliphatic heterocycles. The fourth-order valence-electron chi connectivity index (χ4n) is 5.34. The van der Waals surface area contributed by atoms with Gasteiger partial charge in [-0.15, -0.1) is 0 Å². The van der Waals surface area contributed by atoms with Crippen molar-refractivity contribution in [3.8, 4) is 17.2 Å². The first-order valence-electron chi connectivity index (χ1n) is 12.6. The molecule has 0 radical (unpaired) electrons. The lowest BCUT2D eigenvalue weighted by Gasteiger charge is -2.30. The minimum atomic E-state index is -1.20. The van der Waals surface area contributed by atoms with Gasteiger partial charge >= 0.3 is 0 Å². The molecule has 2 atom stereocenters. The summed E-state index contributed by atoms with van der Waals surface area (Å²) in [6.07, 6.45) is 0.694. The monoisotopic (exact) mass is 511 g/mol. The summed E-state index contributed by atoms with van der Waals surface area (Å²) in [6, 6.07) is 9.54. The molecule has 1 N–H and O–H groups in total. The number of para-hydroxylation sites is 1. The average Bonchev–Trinajstić information content (AvgIpc) is 3.17. The minimum Gasteiger partial charge on any atom is -0.496 e. The van der Waals surface area contributed by atoms with Crippen LogP contribution in [0.15, 0.2) is 36.4 Å². The average molecular weight is 512 g/mol. The highest BCUT2D eigenvalue weighted by molar-refractivity contribution is 6.44. The zero-order chi connectivity index (χ0) is 26.5. The fraction of sp³-hybridized carbons (Fsp3) is 0.464. The van der Waals surface area contributed by atoms with Crippen LogP contribution in [0, 0.1) is 12.8 Å². The summed E-state index contributed by atoms with van der Waals surface area (Å²) in [6.45, 7) is 6.30. The summed E-state index contributed by atoms with van der Waals surface area (Å²) in [7, 11) is 4.60. The number of rotatable bonds is 10. The van der Waals surface area contributed by atoms with Crippen molar-refractivity contribution in [3.63, 3.8) is 0 Å². The molecule has 2 heterocycles. The standard InChI is InChI=1S/C28H34N2O7/c1-18-17-19(9-10-21(18)34-2)25(31)23-24(20-7-5-8-22(35-3)27(20)36-4)30(28(33)26(23)32)12-6-11-29-13-15-37-16-14-29/h5,7-10,17,23-24H,6,11-16H2,1-4H3/p+1. The van der Waals surface area contributed by atoms with Gasteiger partial charge in [0.05, 0.1) is 47.1 Å². The van der Waals surface area contributed by atoms with Gasteiger partial charge in [-0.25, -0.2) is 0 Å². The lowest BCUT2D eigenvalue weighted by atomic mass is 9.85. The van der Waals surface area contributed by atoms with E-state index in [1.807, 2.05) is 6.92 Å². The van der Waals surface area contributed by atoms with Crippen molar-refractivity contribution < 1.29 is 38.2 Å². The number of ketones is 2. The number of nitrogens with one attached hydrogen (secondary N) is 1. The second kappa shape index (κ2) is 11.7. The molecule has 2 fully saturated rings. The maximum absolute atomic E-state index is 13.8. The molecular weight excluding hydrogens is 476 g/mol. The number of ether oxygens (including phenoxy) is 4. The lowest BCUT2D eigenvalue weighted by molar-refractivity contribution is -0.908. The van der Waals surface area contributed by atoms with Crippen molar-refractivity contribution in [2.75, 3.05) is 60.7 Å². The highest BCUT2D eigenvalue weighted by atomic mass is 16.5. The Morgan fingerprint density at radius 3 is 2.41 bits per heavy atom. The SMILES string of the molecule is COc1ccc(C(=O)C2C(=O)C(=O)N(CCC[NH+]3CCOCC3)C2c2cccc(OC)c2OC)cc1C. The first kappa shape index (κ1) is 26.6. The summed E-state index contributed by atoms with van der Waals surface area (Å²) in [5, 5.41) is 0. The van der Waals surface area contributed by atoms with E-state index in [9.17, 15) is 14.4 Å². The molecule has 37 heavy (non-hydrogen) atoms. The van der Waals surface area contributed by atoms with Crippen LogP contribution in [0.2, 0.25) is 0 Å². The predicted molar refractivity (Wildman–Crippen MR) is 136 cm³/mol. The summed E-state index contributed by atoms with van der Waals surface area (Å²) in [4.78, 5) is 43.5. The Morgan fingerprint density at radius 1 is 1.03 bits per heavy atom. The van der Waals surface area contributed by atoms with Gasteiger partial charge in [-0.3, -0.25) is 14.4 Å². The maximum atomic E-state index is 13.8. The number of Topliss-reactive ketones (excluding diaryl/α,β-unsaturated/α-hetero) is 2. The van der Waals surface area contributed by atoms with Gasteiger partial charge in [-0.1, -0.05) is 12.1 Å². The van der Waals surface area contributed by atoms with Crippen LogP contribution in [0.1, 0.15) is 33.9 Å². The van der Waals surface area contributed by atoms with Crippen LogP contribution in [-0.4, -0.2) is 83.1 Å². The highest BCUT2D eigenvalue weighted by Crippen LogP contribution is 2.45. The van der Waals surface area contributed by atoms with E-state index in [-0.39, 0.29) is 0 Å². The number of likely N-dealkylation sites (tertiary alicyclic amines) is 1. The predicted octanol–water partition coefficient (Wildman–Crippen LogP) is 1.28. The molecule has 2 aromatic carbocycles. The smallest absolute Gasteiger partial charge is 0.291 e. The van der Waals surface area contributed by atoms with E-state index < -0.39 is 29.4 Å². The van der Waals surface area contributed by atoms with Gasteiger partial charge in [-0.2, -0.15) is 0 Å². The van der Waals surface area contributed by atoms with Gasteiger partial charge in [-0.05, 0) is 36.8 Å². The minimum absolute atomic E-state index is 0.353. The number of amides is 1. The van der Waals surface area contributed by atoms with Crippen molar-refractivity contribution in [1.82, 2.24) is 4.90 Å². The van der Waals surface area contributed by atoms with Crippen LogP contribution in [0.3, 0.4) is 0 Å². The molecule has 9 nitrogen and oxygen atoms in total. The zero-order valence-electron chi connectivity index (χ0n) is 21.9. The molecule has 2 unspecified atom stereocenters. The van der Waals surface area contributed by atoms with Gasteiger partial charge in [0, 0.05) is 24.1 Å². The molecule has 9 heteroatoms. The summed E-state index contributed by atoms with van der Waals surface area (Å²) >= 11 is 0. The Labute approximate surface area is 217 Å². The van der Waals surface area contributed by atoms with E-state index in [0.717, 1.165) is 38.4 Å². The third-order valence-electron chi connectivity index (χ3n) is 7.25. The van der Waals surface area contributed by atoms with Crippen molar-refractivity contribution >= 4 is 17.5 Å². The van der Waals surface area contributed by atoms with Crippen molar-refractivity contribution in [1.29, 1.82) is 0 Å². The Morgan fingerprint density at radius 2 is 1.76 bits per heavy atom. The maximum Gasteiger partial charge on any atom is 0.291 e. The molecule has 0 bridgehead atoms. The summed E-state index contributed by atoms with van der Waals surface area (Å²) in [5.74, 6) is -1.43. The number of benzene rings is 2. The molecule has 2 saturated heterocycles.